The van der Waals surface area contributed by atoms with Crippen molar-refractivity contribution in [2.75, 3.05) is 19.0 Å². The number of nitrogens with one attached hydrogen (secondary N) is 2. The molecule has 0 aliphatic rings. The second-order valence-electron chi connectivity index (χ2n) is 6.91. The van der Waals surface area contributed by atoms with Crippen LogP contribution in [-0.2, 0) is 14.8 Å². The highest BCUT2D eigenvalue weighted by Crippen LogP contribution is 2.28. The van der Waals surface area contributed by atoms with Crippen LogP contribution in [0.25, 0.3) is 0 Å². The second kappa shape index (κ2) is 10.5. The van der Waals surface area contributed by atoms with Crippen LogP contribution in [0.1, 0.15) is 18.5 Å². The number of rotatable bonds is 9. The molecule has 0 unspecified atom stereocenters. The molecule has 1 atom stereocenters. The summed E-state index contributed by atoms with van der Waals surface area (Å²) in [5.74, 6) is 0.488. The number of amides is 1. The quantitative estimate of drug-likeness (QED) is 0.479. The molecule has 0 radical (unpaired) electrons. The lowest BCUT2D eigenvalue weighted by Crippen LogP contribution is -2.27. The van der Waals surface area contributed by atoms with Crippen LogP contribution in [0.3, 0.4) is 0 Å². The number of hydrogen-bond donors (Lipinski definition) is 2. The fourth-order valence-electron chi connectivity index (χ4n) is 2.89. The van der Waals surface area contributed by atoms with Crippen LogP contribution < -0.4 is 19.5 Å². The molecule has 0 aliphatic carbocycles. The van der Waals surface area contributed by atoms with Crippen molar-refractivity contribution in [2.45, 2.75) is 17.9 Å². The normalized spacial score (nSPS) is 12.1. The van der Waals surface area contributed by atoms with Crippen LogP contribution >= 0.6 is 11.6 Å². The van der Waals surface area contributed by atoms with Gasteiger partial charge in [-0.3, -0.25) is 4.79 Å². The molecular weight excluding hydrogens is 452 g/mol. The minimum absolute atomic E-state index is 0.000292. The van der Waals surface area contributed by atoms with Gasteiger partial charge in [0.25, 0.3) is 5.91 Å². The van der Waals surface area contributed by atoms with Crippen molar-refractivity contribution in [1.82, 2.24) is 4.72 Å². The average molecular weight is 475 g/mol. The van der Waals surface area contributed by atoms with Crippen LogP contribution in [0.2, 0.25) is 5.02 Å². The molecule has 3 aromatic carbocycles. The summed E-state index contributed by atoms with van der Waals surface area (Å²) in [7, 11) is -2.25. The number of ether oxygens (including phenoxy) is 2. The number of halogens is 1. The third-order valence-electron chi connectivity index (χ3n) is 4.58. The van der Waals surface area contributed by atoms with Crippen LogP contribution in [0.5, 0.6) is 11.5 Å². The molecule has 0 bridgehead atoms. The molecule has 0 fully saturated rings. The summed E-state index contributed by atoms with van der Waals surface area (Å²) in [5.41, 5.74) is 1.43. The fraction of sp³-hybridized carbons (Fsp3) is 0.174. The van der Waals surface area contributed by atoms with Gasteiger partial charge in [0.05, 0.1) is 17.0 Å². The van der Waals surface area contributed by atoms with Crippen molar-refractivity contribution in [3.63, 3.8) is 0 Å². The maximum absolute atomic E-state index is 12.7. The van der Waals surface area contributed by atoms with Gasteiger partial charge in [-0.2, -0.15) is 0 Å². The second-order valence-corrected chi connectivity index (χ2v) is 9.03. The first kappa shape index (κ1) is 23.6. The molecule has 32 heavy (non-hydrogen) atoms. The van der Waals surface area contributed by atoms with Gasteiger partial charge in [-0.25, -0.2) is 13.1 Å². The predicted octanol–water partition coefficient (Wildman–Crippen LogP) is 4.41. The highest BCUT2D eigenvalue weighted by molar-refractivity contribution is 7.89. The zero-order valence-electron chi connectivity index (χ0n) is 17.5. The topological polar surface area (TPSA) is 93.7 Å². The van der Waals surface area contributed by atoms with Gasteiger partial charge in [-0.15, -0.1) is 0 Å². The Balaban J connectivity index is 1.60. The van der Waals surface area contributed by atoms with E-state index in [1.807, 2.05) is 30.3 Å². The average Bonchev–Trinajstić information content (AvgIpc) is 2.79. The van der Waals surface area contributed by atoms with E-state index in [-0.39, 0.29) is 28.2 Å². The van der Waals surface area contributed by atoms with Gasteiger partial charge in [-0.1, -0.05) is 41.9 Å². The molecule has 9 heteroatoms. The number of carbonyl (C=O) groups is 1. The van der Waals surface area contributed by atoms with Gasteiger partial charge >= 0.3 is 0 Å². The van der Waals surface area contributed by atoms with Crippen molar-refractivity contribution >= 4 is 33.2 Å². The van der Waals surface area contributed by atoms with Crippen molar-refractivity contribution < 1.29 is 22.7 Å². The zero-order valence-corrected chi connectivity index (χ0v) is 19.1. The van der Waals surface area contributed by atoms with Gasteiger partial charge in [0, 0.05) is 11.7 Å². The Kier molecular flexibility index (Phi) is 7.74. The summed E-state index contributed by atoms with van der Waals surface area (Å²) in [5, 5.41) is 2.77. The van der Waals surface area contributed by atoms with E-state index in [4.69, 9.17) is 21.1 Å². The smallest absolute Gasteiger partial charge is 0.262 e. The molecule has 0 heterocycles. The SMILES string of the molecule is COc1ccc(NC(=O)COc2ccc(S(=O)(=O)N[C@H](C)c3ccccc3)cc2Cl)cc1. The van der Waals surface area contributed by atoms with E-state index in [0.29, 0.717) is 11.4 Å². The molecular formula is C23H23ClN2O5S. The third-order valence-corrected chi connectivity index (χ3v) is 6.41. The Morgan fingerprint density at radius 1 is 1.03 bits per heavy atom. The monoisotopic (exact) mass is 474 g/mol. The Labute approximate surface area is 192 Å². The Morgan fingerprint density at radius 3 is 2.34 bits per heavy atom. The Hall–Kier alpha value is -3.07. The number of sulfonamides is 1. The van der Waals surface area contributed by atoms with E-state index < -0.39 is 16.1 Å². The molecule has 3 rings (SSSR count). The number of benzene rings is 3. The van der Waals surface area contributed by atoms with Crippen LogP contribution in [0, 0.1) is 0 Å². The molecule has 1 amide bonds. The van der Waals surface area contributed by atoms with Crippen molar-refractivity contribution in [2.24, 2.45) is 0 Å². The summed E-state index contributed by atoms with van der Waals surface area (Å²) < 4.78 is 38.6. The van der Waals surface area contributed by atoms with E-state index in [1.165, 1.54) is 18.2 Å². The van der Waals surface area contributed by atoms with Gasteiger partial charge in [0.1, 0.15) is 11.5 Å². The zero-order chi connectivity index (χ0) is 23.1. The summed E-state index contributed by atoms with van der Waals surface area (Å²) in [6.45, 7) is 1.47. The summed E-state index contributed by atoms with van der Waals surface area (Å²) in [6.07, 6.45) is 0. The van der Waals surface area contributed by atoms with Gasteiger partial charge < -0.3 is 14.8 Å². The van der Waals surface area contributed by atoms with Crippen molar-refractivity contribution in [3.05, 3.63) is 83.4 Å². The molecule has 0 aromatic heterocycles. The molecule has 2 N–H and O–H groups in total. The first-order chi connectivity index (χ1) is 15.3. The van der Waals surface area contributed by atoms with E-state index in [0.717, 1.165) is 5.56 Å². The molecule has 3 aromatic rings. The van der Waals surface area contributed by atoms with Gasteiger partial charge in [0.15, 0.2) is 6.61 Å². The van der Waals surface area contributed by atoms with Crippen molar-refractivity contribution in [3.8, 4) is 11.5 Å². The summed E-state index contributed by atoms with van der Waals surface area (Å²) in [6, 6.07) is 19.7. The summed E-state index contributed by atoms with van der Waals surface area (Å²) >= 11 is 6.20. The van der Waals surface area contributed by atoms with Gasteiger partial charge in [-0.05, 0) is 55.0 Å². The molecule has 0 spiro atoms. The number of carbonyl (C=O) groups excluding carboxylic acids is 1. The Morgan fingerprint density at radius 2 is 1.72 bits per heavy atom. The van der Waals surface area contributed by atoms with E-state index in [9.17, 15) is 13.2 Å². The number of hydrogen-bond acceptors (Lipinski definition) is 5. The maximum atomic E-state index is 12.7. The lowest BCUT2D eigenvalue weighted by molar-refractivity contribution is -0.118. The highest BCUT2D eigenvalue weighted by Gasteiger charge is 2.20. The Bertz CT molecular complexity index is 1170. The van der Waals surface area contributed by atoms with E-state index >= 15 is 0 Å². The van der Waals surface area contributed by atoms with Crippen LogP contribution in [0.15, 0.2) is 77.7 Å². The first-order valence-corrected chi connectivity index (χ1v) is 11.6. The largest absolute Gasteiger partial charge is 0.497 e. The minimum atomic E-state index is -3.80. The van der Waals surface area contributed by atoms with Gasteiger partial charge in [0.2, 0.25) is 10.0 Å². The standard InChI is InChI=1S/C23H23ClN2O5S/c1-16(17-6-4-3-5-7-17)26-32(28,29)20-12-13-22(21(24)14-20)31-15-23(27)25-18-8-10-19(30-2)11-9-18/h3-14,16,26H,15H2,1-2H3,(H,25,27)/t16-/m1/s1. The maximum Gasteiger partial charge on any atom is 0.262 e. The van der Waals surface area contributed by atoms with Crippen molar-refractivity contribution in [1.29, 1.82) is 0 Å². The molecule has 0 aliphatic heterocycles. The molecule has 7 nitrogen and oxygen atoms in total. The molecule has 0 saturated heterocycles. The van der Waals surface area contributed by atoms with Crippen LogP contribution in [-0.4, -0.2) is 28.0 Å². The number of methoxy groups -OCH3 is 1. The lowest BCUT2D eigenvalue weighted by Gasteiger charge is -2.15. The van der Waals surface area contributed by atoms with Crippen LogP contribution in [0.4, 0.5) is 5.69 Å². The number of anilines is 1. The summed E-state index contributed by atoms with van der Waals surface area (Å²) in [4.78, 5) is 12.1. The predicted molar refractivity (Wildman–Crippen MR) is 124 cm³/mol. The third kappa shape index (κ3) is 6.23. The fourth-order valence-corrected chi connectivity index (χ4v) is 4.45. The highest BCUT2D eigenvalue weighted by atomic mass is 35.5. The minimum Gasteiger partial charge on any atom is -0.497 e. The molecule has 168 valence electrons. The van der Waals surface area contributed by atoms with E-state index in [2.05, 4.69) is 10.0 Å². The first-order valence-electron chi connectivity index (χ1n) is 9.72. The molecule has 0 saturated carbocycles. The lowest BCUT2D eigenvalue weighted by atomic mass is 10.1. The van der Waals surface area contributed by atoms with E-state index in [1.54, 1.807) is 38.3 Å².